The second kappa shape index (κ2) is 7.68. The molecule has 0 bridgehead atoms. The smallest absolute Gasteiger partial charge is 0.315 e. The van der Waals surface area contributed by atoms with Crippen molar-refractivity contribution in [3.05, 3.63) is 0 Å². The summed E-state index contributed by atoms with van der Waals surface area (Å²) >= 11 is 0. The van der Waals surface area contributed by atoms with Gasteiger partial charge in [-0.15, -0.1) is 0 Å². The van der Waals surface area contributed by atoms with Gasteiger partial charge in [0.15, 0.2) is 0 Å². The van der Waals surface area contributed by atoms with Crippen LogP contribution in [-0.2, 0) is 14.3 Å². The molecule has 1 heterocycles. The summed E-state index contributed by atoms with van der Waals surface area (Å²) in [5.74, 6) is -2.05. The summed E-state index contributed by atoms with van der Waals surface area (Å²) in [4.78, 5) is 34.2. The third-order valence-corrected chi connectivity index (χ3v) is 3.00. The zero-order chi connectivity index (χ0) is 15.1. The molecular formula is C12H21N3O5. The third-order valence-electron chi connectivity index (χ3n) is 3.00. The molecule has 3 unspecified atom stereocenters. The Bertz CT molecular complexity index is 374. The highest BCUT2D eigenvalue weighted by Gasteiger charge is 2.35. The van der Waals surface area contributed by atoms with Crippen molar-refractivity contribution in [2.45, 2.75) is 32.4 Å². The summed E-state index contributed by atoms with van der Waals surface area (Å²) in [6.07, 6.45) is 0.810. The van der Waals surface area contributed by atoms with Gasteiger partial charge in [-0.1, -0.05) is 6.92 Å². The van der Waals surface area contributed by atoms with Gasteiger partial charge in [-0.3, -0.25) is 9.59 Å². The van der Waals surface area contributed by atoms with Crippen LogP contribution in [0, 0.1) is 5.92 Å². The van der Waals surface area contributed by atoms with E-state index in [4.69, 9.17) is 9.84 Å². The minimum absolute atomic E-state index is 0.0762. The van der Waals surface area contributed by atoms with Crippen LogP contribution in [0.3, 0.4) is 0 Å². The lowest BCUT2D eigenvalue weighted by atomic mass is 10.0. The molecule has 1 fully saturated rings. The molecule has 0 spiro atoms. The summed E-state index contributed by atoms with van der Waals surface area (Å²) in [6, 6.07) is -1.85. The number of nitrogens with one attached hydrogen (secondary N) is 3. The molecule has 0 aromatic carbocycles. The zero-order valence-corrected chi connectivity index (χ0v) is 11.6. The van der Waals surface area contributed by atoms with Gasteiger partial charge >= 0.3 is 12.0 Å². The van der Waals surface area contributed by atoms with Crippen LogP contribution in [0.25, 0.3) is 0 Å². The van der Waals surface area contributed by atoms with Crippen molar-refractivity contribution in [3.63, 3.8) is 0 Å². The van der Waals surface area contributed by atoms with Gasteiger partial charge in [0.1, 0.15) is 12.0 Å². The van der Waals surface area contributed by atoms with Crippen LogP contribution >= 0.6 is 0 Å². The highest BCUT2D eigenvalue weighted by molar-refractivity contribution is 5.87. The molecule has 1 saturated heterocycles. The van der Waals surface area contributed by atoms with Gasteiger partial charge in [0.05, 0.1) is 19.3 Å². The van der Waals surface area contributed by atoms with Crippen LogP contribution in [0.5, 0.6) is 0 Å². The molecule has 8 nitrogen and oxygen atoms in total. The standard InChI is InChI=1S/C12H21N3O5/c1-3-4-13-10(16)7(2)14-12(19)15-9-6-20-5-8(9)11(17)18/h7-9H,3-6H2,1-2H3,(H,13,16)(H,17,18)(H2,14,15,19). The molecule has 8 heteroatoms. The first-order valence-electron chi connectivity index (χ1n) is 6.61. The van der Waals surface area contributed by atoms with Gasteiger partial charge < -0.3 is 25.8 Å². The van der Waals surface area contributed by atoms with E-state index >= 15 is 0 Å². The third kappa shape index (κ3) is 4.69. The molecule has 1 aliphatic rings. The van der Waals surface area contributed by atoms with Crippen molar-refractivity contribution in [1.82, 2.24) is 16.0 Å². The molecule has 20 heavy (non-hydrogen) atoms. The van der Waals surface area contributed by atoms with Crippen molar-refractivity contribution < 1.29 is 24.2 Å². The van der Waals surface area contributed by atoms with E-state index in [1.54, 1.807) is 6.92 Å². The second-order valence-electron chi connectivity index (χ2n) is 4.72. The molecule has 0 aliphatic carbocycles. The Hall–Kier alpha value is -1.83. The zero-order valence-electron chi connectivity index (χ0n) is 11.6. The maximum Gasteiger partial charge on any atom is 0.315 e. The fraction of sp³-hybridized carbons (Fsp3) is 0.750. The largest absolute Gasteiger partial charge is 0.481 e. The topological polar surface area (TPSA) is 117 Å². The van der Waals surface area contributed by atoms with Crippen LogP contribution in [0.4, 0.5) is 4.79 Å². The number of amides is 3. The Kier molecular flexibility index (Phi) is 6.23. The molecule has 0 aromatic heterocycles. The van der Waals surface area contributed by atoms with Crippen LogP contribution in [0.2, 0.25) is 0 Å². The summed E-state index contributed by atoms with van der Waals surface area (Å²) < 4.78 is 5.03. The van der Waals surface area contributed by atoms with E-state index in [-0.39, 0.29) is 19.1 Å². The van der Waals surface area contributed by atoms with Crippen LogP contribution in [0.1, 0.15) is 20.3 Å². The number of carboxylic acid groups (broad SMARTS) is 1. The Morgan fingerprint density at radius 1 is 1.35 bits per heavy atom. The van der Waals surface area contributed by atoms with Crippen molar-refractivity contribution in [3.8, 4) is 0 Å². The predicted octanol–water partition coefficient (Wildman–Crippen LogP) is -0.700. The summed E-state index contributed by atoms with van der Waals surface area (Å²) in [5.41, 5.74) is 0. The van der Waals surface area contributed by atoms with Gasteiger partial charge in [-0.25, -0.2) is 4.79 Å². The van der Waals surface area contributed by atoms with Gasteiger partial charge in [0.25, 0.3) is 0 Å². The van der Waals surface area contributed by atoms with E-state index in [1.165, 1.54) is 0 Å². The van der Waals surface area contributed by atoms with Crippen molar-refractivity contribution in [2.75, 3.05) is 19.8 Å². The van der Waals surface area contributed by atoms with Crippen molar-refractivity contribution in [1.29, 1.82) is 0 Å². The van der Waals surface area contributed by atoms with Gasteiger partial charge in [-0.05, 0) is 13.3 Å². The number of hydrogen-bond donors (Lipinski definition) is 4. The number of carboxylic acids is 1. The Balaban J connectivity index is 2.39. The summed E-state index contributed by atoms with van der Waals surface area (Å²) in [7, 11) is 0. The molecule has 3 amide bonds. The van der Waals surface area contributed by atoms with Crippen LogP contribution < -0.4 is 16.0 Å². The fourth-order valence-electron chi connectivity index (χ4n) is 1.81. The molecule has 3 atom stereocenters. The van der Waals surface area contributed by atoms with Crippen molar-refractivity contribution >= 4 is 17.9 Å². The number of rotatable bonds is 6. The average Bonchev–Trinajstić information content (AvgIpc) is 2.83. The Morgan fingerprint density at radius 2 is 2.05 bits per heavy atom. The van der Waals surface area contributed by atoms with E-state index in [1.807, 2.05) is 6.92 Å². The lowest BCUT2D eigenvalue weighted by molar-refractivity contribution is -0.142. The molecule has 4 N–H and O–H groups in total. The molecule has 0 aromatic rings. The molecular weight excluding hydrogens is 266 g/mol. The maximum absolute atomic E-state index is 11.7. The number of ether oxygens (including phenoxy) is 1. The second-order valence-corrected chi connectivity index (χ2v) is 4.72. The average molecular weight is 287 g/mol. The maximum atomic E-state index is 11.7. The highest BCUT2D eigenvalue weighted by Crippen LogP contribution is 2.13. The lowest BCUT2D eigenvalue weighted by Crippen LogP contribution is -2.52. The number of urea groups is 1. The van der Waals surface area contributed by atoms with E-state index in [0.29, 0.717) is 6.54 Å². The predicted molar refractivity (Wildman–Crippen MR) is 70.2 cm³/mol. The number of carbonyl (C=O) groups excluding carboxylic acids is 2. The molecule has 0 saturated carbocycles. The Morgan fingerprint density at radius 3 is 2.65 bits per heavy atom. The molecule has 1 rings (SSSR count). The summed E-state index contributed by atoms with van der Waals surface area (Å²) in [5, 5.41) is 16.6. The minimum atomic E-state index is -1.01. The van der Waals surface area contributed by atoms with Gasteiger partial charge in [-0.2, -0.15) is 0 Å². The molecule has 0 radical (unpaired) electrons. The van der Waals surface area contributed by atoms with E-state index in [0.717, 1.165) is 6.42 Å². The van der Waals surface area contributed by atoms with Gasteiger partial charge in [0.2, 0.25) is 5.91 Å². The number of carbonyl (C=O) groups is 3. The monoisotopic (exact) mass is 287 g/mol. The minimum Gasteiger partial charge on any atom is -0.481 e. The van der Waals surface area contributed by atoms with Crippen molar-refractivity contribution in [2.24, 2.45) is 5.92 Å². The first-order chi connectivity index (χ1) is 9.45. The number of aliphatic carboxylic acids is 1. The Labute approximate surface area is 117 Å². The lowest BCUT2D eigenvalue weighted by Gasteiger charge is -2.19. The van der Waals surface area contributed by atoms with E-state index < -0.39 is 30.0 Å². The molecule has 114 valence electrons. The number of hydrogen-bond acceptors (Lipinski definition) is 4. The normalized spacial score (nSPS) is 22.9. The summed E-state index contributed by atoms with van der Waals surface area (Å²) in [6.45, 7) is 4.26. The highest BCUT2D eigenvalue weighted by atomic mass is 16.5. The van der Waals surface area contributed by atoms with E-state index in [9.17, 15) is 14.4 Å². The first kappa shape index (κ1) is 16.2. The van der Waals surface area contributed by atoms with E-state index in [2.05, 4.69) is 16.0 Å². The van der Waals surface area contributed by atoms with Gasteiger partial charge in [0, 0.05) is 6.54 Å². The van der Waals surface area contributed by atoms with Crippen LogP contribution in [-0.4, -0.2) is 54.9 Å². The fourth-order valence-corrected chi connectivity index (χ4v) is 1.81. The first-order valence-corrected chi connectivity index (χ1v) is 6.61. The quantitative estimate of drug-likeness (QED) is 0.515. The molecule has 1 aliphatic heterocycles. The van der Waals surface area contributed by atoms with Crippen LogP contribution in [0.15, 0.2) is 0 Å². The SMILES string of the molecule is CCCNC(=O)C(C)NC(=O)NC1COCC1C(=O)O.